The van der Waals surface area contributed by atoms with E-state index >= 15 is 0 Å². The van der Waals surface area contributed by atoms with E-state index < -0.39 is 4.92 Å². The largest absolute Gasteiger partial charge is 0.371 e. The van der Waals surface area contributed by atoms with Crippen LogP contribution in [0.25, 0.3) is 0 Å². The van der Waals surface area contributed by atoms with Gasteiger partial charge in [-0.25, -0.2) is 4.98 Å². The van der Waals surface area contributed by atoms with Crippen LogP contribution in [0.3, 0.4) is 0 Å². The molecule has 0 bridgehead atoms. The Balaban J connectivity index is 1.75. The highest BCUT2D eigenvalue weighted by Gasteiger charge is 2.14. The first-order chi connectivity index (χ1) is 10.6. The Labute approximate surface area is 128 Å². The van der Waals surface area contributed by atoms with Gasteiger partial charge in [0.15, 0.2) is 0 Å². The van der Waals surface area contributed by atoms with E-state index in [1.54, 1.807) is 6.07 Å². The van der Waals surface area contributed by atoms with Crippen LogP contribution >= 0.6 is 0 Å². The monoisotopic (exact) mass is 298 g/mol. The maximum Gasteiger partial charge on any atom is 0.287 e. The van der Waals surface area contributed by atoms with Crippen molar-refractivity contribution < 1.29 is 4.92 Å². The molecule has 1 N–H and O–H groups in total. The number of aromatic nitrogens is 1. The van der Waals surface area contributed by atoms with Crippen molar-refractivity contribution in [3.05, 3.63) is 52.2 Å². The van der Waals surface area contributed by atoms with Gasteiger partial charge in [-0.15, -0.1) is 0 Å². The number of benzene rings is 1. The average molecular weight is 298 g/mol. The molecule has 6 heteroatoms. The number of nitrogens with zero attached hydrogens (tertiary/aromatic N) is 3. The van der Waals surface area contributed by atoms with Gasteiger partial charge in [0.25, 0.3) is 5.69 Å². The molecular formula is C16H18N4O2. The maximum absolute atomic E-state index is 10.6. The van der Waals surface area contributed by atoms with E-state index in [4.69, 9.17) is 0 Å². The Morgan fingerprint density at radius 3 is 2.59 bits per heavy atom. The number of rotatable bonds is 4. The molecule has 1 fully saturated rings. The summed E-state index contributed by atoms with van der Waals surface area (Å²) in [6.45, 7) is 4.34. The zero-order valence-corrected chi connectivity index (χ0v) is 12.5. The quantitative estimate of drug-likeness (QED) is 0.689. The van der Waals surface area contributed by atoms with Crippen LogP contribution in [0.2, 0.25) is 0 Å². The van der Waals surface area contributed by atoms with Gasteiger partial charge >= 0.3 is 0 Å². The fourth-order valence-electron chi connectivity index (χ4n) is 2.76. The summed E-state index contributed by atoms with van der Waals surface area (Å²) in [5.41, 5.74) is 3.42. The summed E-state index contributed by atoms with van der Waals surface area (Å²) in [6, 6.07) is 9.28. The molecule has 0 unspecified atom stereocenters. The average Bonchev–Trinajstić information content (AvgIpc) is 3.02. The van der Waals surface area contributed by atoms with Gasteiger partial charge in [0.05, 0.1) is 4.92 Å². The minimum Gasteiger partial charge on any atom is -0.371 e. The Morgan fingerprint density at radius 1 is 1.23 bits per heavy atom. The molecule has 0 radical (unpaired) electrons. The fourth-order valence-corrected chi connectivity index (χ4v) is 2.76. The lowest BCUT2D eigenvalue weighted by atomic mass is 10.1. The Bertz CT molecular complexity index is 679. The van der Waals surface area contributed by atoms with Crippen LogP contribution in [-0.4, -0.2) is 23.0 Å². The number of nitrogens with one attached hydrogen (secondary N) is 1. The third-order valence-electron chi connectivity index (χ3n) is 3.87. The number of hydrogen-bond acceptors (Lipinski definition) is 5. The molecule has 1 aromatic heterocycles. The zero-order valence-electron chi connectivity index (χ0n) is 12.5. The predicted molar refractivity (Wildman–Crippen MR) is 86.8 cm³/mol. The summed E-state index contributed by atoms with van der Waals surface area (Å²) in [7, 11) is 0. The number of hydrogen-bond donors (Lipinski definition) is 1. The molecule has 1 aromatic carbocycles. The molecule has 6 nitrogen and oxygen atoms in total. The smallest absolute Gasteiger partial charge is 0.287 e. The lowest BCUT2D eigenvalue weighted by Gasteiger charge is -2.20. The second-order valence-electron chi connectivity index (χ2n) is 5.48. The van der Waals surface area contributed by atoms with E-state index in [9.17, 15) is 10.1 Å². The fraction of sp³-hybridized carbons (Fsp3) is 0.312. The Morgan fingerprint density at radius 2 is 2.00 bits per heavy atom. The number of pyridine rings is 1. The van der Waals surface area contributed by atoms with Crippen molar-refractivity contribution in [3.8, 4) is 0 Å². The first kappa shape index (κ1) is 14.3. The molecule has 1 saturated heterocycles. The standard InChI is InChI=1S/C16H18N4O2/c1-12-10-13(4-6-15(12)19-8-2-3-9-19)18-16-7-5-14(11-17-16)20(21)22/h4-7,10-11H,2-3,8-9H2,1H3,(H,17,18). The van der Waals surface area contributed by atoms with Crippen LogP contribution in [0.5, 0.6) is 0 Å². The molecule has 2 aromatic rings. The highest BCUT2D eigenvalue weighted by atomic mass is 16.6. The second-order valence-corrected chi connectivity index (χ2v) is 5.48. The summed E-state index contributed by atoms with van der Waals surface area (Å²) in [4.78, 5) is 16.6. The van der Waals surface area contributed by atoms with Crippen LogP contribution in [0.15, 0.2) is 36.5 Å². The molecule has 0 atom stereocenters. The van der Waals surface area contributed by atoms with E-state index in [-0.39, 0.29) is 5.69 Å². The van der Waals surface area contributed by atoms with E-state index in [1.807, 2.05) is 6.07 Å². The van der Waals surface area contributed by atoms with Crippen molar-refractivity contribution in [2.24, 2.45) is 0 Å². The maximum atomic E-state index is 10.6. The number of anilines is 3. The number of aryl methyl sites for hydroxylation is 1. The molecule has 22 heavy (non-hydrogen) atoms. The third kappa shape index (κ3) is 3.00. The topological polar surface area (TPSA) is 71.3 Å². The number of nitro groups is 1. The Kier molecular flexibility index (Phi) is 3.91. The van der Waals surface area contributed by atoms with Gasteiger partial charge < -0.3 is 10.2 Å². The minimum atomic E-state index is -0.453. The summed E-state index contributed by atoms with van der Waals surface area (Å²) >= 11 is 0. The predicted octanol–water partition coefficient (Wildman–Crippen LogP) is 3.64. The van der Waals surface area contributed by atoms with Gasteiger partial charge in [-0.1, -0.05) is 0 Å². The van der Waals surface area contributed by atoms with Crippen LogP contribution in [0, 0.1) is 17.0 Å². The summed E-state index contributed by atoms with van der Waals surface area (Å²) in [5.74, 6) is 0.596. The van der Waals surface area contributed by atoms with Gasteiger partial charge in [0.2, 0.25) is 0 Å². The van der Waals surface area contributed by atoms with E-state index in [0.717, 1.165) is 18.8 Å². The highest BCUT2D eigenvalue weighted by molar-refractivity contribution is 5.65. The van der Waals surface area contributed by atoms with Gasteiger partial charge in [0.1, 0.15) is 12.0 Å². The zero-order chi connectivity index (χ0) is 15.5. The van der Waals surface area contributed by atoms with Crippen molar-refractivity contribution in [2.45, 2.75) is 19.8 Å². The normalized spacial score (nSPS) is 14.1. The van der Waals surface area contributed by atoms with E-state index in [2.05, 4.69) is 34.3 Å². The molecule has 2 heterocycles. The first-order valence-corrected chi connectivity index (χ1v) is 7.36. The van der Waals surface area contributed by atoms with Crippen LogP contribution in [0.1, 0.15) is 18.4 Å². The van der Waals surface area contributed by atoms with E-state index in [0.29, 0.717) is 5.82 Å². The third-order valence-corrected chi connectivity index (χ3v) is 3.87. The molecule has 0 saturated carbocycles. The highest BCUT2D eigenvalue weighted by Crippen LogP contribution is 2.27. The summed E-state index contributed by atoms with van der Waals surface area (Å²) in [6.07, 6.45) is 3.77. The van der Waals surface area contributed by atoms with E-state index in [1.165, 1.54) is 36.4 Å². The molecule has 1 aliphatic rings. The van der Waals surface area contributed by atoms with Gasteiger partial charge in [-0.3, -0.25) is 10.1 Å². The molecule has 114 valence electrons. The lowest BCUT2D eigenvalue weighted by Crippen LogP contribution is -2.18. The van der Waals surface area contributed by atoms with Crippen molar-refractivity contribution in [1.82, 2.24) is 4.98 Å². The molecule has 0 amide bonds. The van der Waals surface area contributed by atoms with Crippen molar-refractivity contribution >= 4 is 22.9 Å². The minimum absolute atomic E-state index is 0.00823. The molecule has 0 aliphatic carbocycles. The molecule has 1 aliphatic heterocycles. The molecular weight excluding hydrogens is 280 g/mol. The molecule has 3 rings (SSSR count). The lowest BCUT2D eigenvalue weighted by molar-refractivity contribution is -0.385. The molecule has 0 spiro atoms. The van der Waals surface area contributed by atoms with Crippen molar-refractivity contribution in [2.75, 3.05) is 23.3 Å². The van der Waals surface area contributed by atoms with Crippen molar-refractivity contribution in [1.29, 1.82) is 0 Å². The first-order valence-electron chi connectivity index (χ1n) is 7.36. The van der Waals surface area contributed by atoms with Crippen molar-refractivity contribution in [3.63, 3.8) is 0 Å². The van der Waals surface area contributed by atoms with Gasteiger partial charge in [0, 0.05) is 30.5 Å². The van der Waals surface area contributed by atoms with Crippen LogP contribution in [-0.2, 0) is 0 Å². The Hall–Kier alpha value is -2.63. The van der Waals surface area contributed by atoms with Gasteiger partial charge in [-0.05, 0) is 49.6 Å². The SMILES string of the molecule is Cc1cc(Nc2ccc([N+](=O)[O-])cn2)ccc1N1CCCC1. The second kappa shape index (κ2) is 6.01. The van der Waals surface area contributed by atoms with Crippen LogP contribution in [0.4, 0.5) is 22.9 Å². The van der Waals surface area contributed by atoms with Crippen LogP contribution < -0.4 is 10.2 Å². The van der Waals surface area contributed by atoms with Gasteiger partial charge in [-0.2, -0.15) is 0 Å². The summed E-state index contributed by atoms with van der Waals surface area (Å²) < 4.78 is 0. The summed E-state index contributed by atoms with van der Waals surface area (Å²) in [5, 5.41) is 13.8.